The molecule has 2 heterocycles. The number of aryl methyl sites for hydroxylation is 2. The Kier molecular flexibility index (Phi) is 2.40. The van der Waals surface area contributed by atoms with E-state index >= 15 is 0 Å². The minimum atomic E-state index is -0.818. The number of aromatic nitrogens is 4. The molecule has 0 fully saturated rings. The van der Waals surface area contributed by atoms with Crippen LogP contribution in [-0.2, 0) is 0 Å². The third-order valence-corrected chi connectivity index (χ3v) is 2.17. The third kappa shape index (κ3) is 1.83. The van der Waals surface area contributed by atoms with Crippen LogP contribution in [0.3, 0.4) is 0 Å². The van der Waals surface area contributed by atoms with Crippen molar-refractivity contribution in [2.45, 2.75) is 13.8 Å². The molecule has 15 heavy (non-hydrogen) atoms. The molecule has 0 N–H and O–H groups in total. The highest BCUT2D eigenvalue weighted by Gasteiger charge is 2.10. The molecular weight excluding hydrogens is 219 g/mol. The second-order valence-electron chi connectivity index (χ2n) is 3.15. The largest absolute Gasteiger partial charge is 0.310 e. The fourth-order valence-corrected chi connectivity index (χ4v) is 1.50. The SMILES string of the molecule is Cc1cc(C)n(-c2nc(F)ncc2Cl)n1. The normalized spacial score (nSPS) is 10.7. The Morgan fingerprint density at radius 1 is 1.40 bits per heavy atom. The molecule has 0 aliphatic carbocycles. The molecule has 0 bridgehead atoms. The maximum absolute atomic E-state index is 12.8. The molecule has 6 heteroatoms. The Hall–Kier alpha value is -1.49. The van der Waals surface area contributed by atoms with E-state index in [1.54, 1.807) is 0 Å². The van der Waals surface area contributed by atoms with Gasteiger partial charge in [0.25, 0.3) is 0 Å². The van der Waals surface area contributed by atoms with Crippen LogP contribution in [-0.4, -0.2) is 19.7 Å². The molecule has 0 saturated heterocycles. The number of rotatable bonds is 1. The number of hydrogen-bond donors (Lipinski definition) is 0. The van der Waals surface area contributed by atoms with Crippen LogP contribution in [0, 0.1) is 19.9 Å². The van der Waals surface area contributed by atoms with Gasteiger partial charge in [-0.15, -0.1) is 0 Å². The van der Waals surface area contributed by atoms with E-state index in [2.05, 4.69) is 15.1 Å². The molecule has 0 aromatic carbocycles. The Balaban J connectivity index is 2.62. The lowest BCUT2D eigenvalue weighted by atomic mass is 10.4. The van der Waals surface area contributed by atoms with Crippen LogP contribution in [0.2, 0.25) is 5.02 Å². The summed E-state index contributed by atoms with van der Waals surface area (Å²) in [5, 5.41) is 4.42. The van der Waals surface area contributed by atoms with Crippen LogP contribution < -0.4 is 0 Å². The monoisotopic (exact) mass is 226 g/mol. The molecular formula is C9H8ClFN4. The van der Waals surface area contributed by atoms with Crippen molar-refractivity contribution in [3.05, 3.63) is 34.8 Å². The predicted molar refractivity (Wildman–Crippen MR) is 53.6 cm³/mol. The molecule has 2 rings (SSSR count). The van der Waals surface area contributed by atoms with Gasteiger partial charge in [0.1, 0.15) is 5.02 Å². The second-order valence-corrected chi connectivity index (χ2v) is 3.56. The van der Waals surface area contributed by atoms with Crippen molar-refractivity contribution < 1.29 is 4.39 Å². The molecule has 4 nitrogen and oxygen atoms in total. The van der Waals surface area contributed by atoms with Gasteiger partial charge in [0.15, 0.2) is 5.82 Å². The van der Waals surface area contributed by atoms with E-state index in [1.807, 2.05) is 19.9 Å². The van der Waals surface area contributed by atoms with E-state index in [-0.39, 0.29) is 10.8 Å². The van der Waals surface area contributed by atoms with Crippen molar-refractivity contribution in [1.82, 2.24) is 19.7 Å². The molecule has 0 aliphatic heterocycles. The predicted octanol–water partition coefficient (Wildman–Crippen LogP) is 2.07. The molecule has 0 atom stereocenters. The lowest BCUT2D eigenvalue weighted by Crippen LogP contribution is -2.05. The van der Waals surface area contributed by atoms with E-state index in [4.69, 9.17) is 11.6 Å². The quantitative estimate of drug-likeness (QED) is 0.700. The first-order valence-corrected chi connectivity index (χ1v) is 4.67. The number of nitrogens with zero attached hydrogens (tertiary/aromatic N) is 4. The zero-order chi connectivity index (χ0) is 11.0. The summed E-state index contributed by atoms with van der Waals surface area (Å²) in [6, 6.07) is 1.86. The molecule has 0 amide bonds. The molecule has 0 aliphatic rings. The second kappa shape index (κ2) is 3.58. The van der Waals surface area contributed by atoms with Gasteiger partial charge in [0.05, 0.1) is 11.9 Å². The first kappa shape index (κ1) is 10.0. The Bertz CT molecular complexity index is 509. The minimum Gasteiger partial charge on any atom is -0.218 e. The zero-order valence-corrected chi connectivity index (χ0v) is 8.96. The third-order valence-electron chi connectivity index (χ3n) is 1.91. The van der Waals surface area contributed by atoms with E-state index in [0.29, 0.717) is 0 Å². The summed E-state index contributed by atoms with van der Waals surface area (Å²) in [6.07, 6.45) is 0.400. The van der Waals surface area contributed by atoms with Crippen molar-refractivity contribution in [3.8, 4) is 5.82 Å². The van der Waals surface area contributed by atoms with E-state index < -0.39 is 6.08 Å². The summed E-state index contributed by atoms with van der Waals surface area (Å²) in [4.78, 5) is 6.96. The van der Waals surface area contributed by atoms with Gasteiger partial charge >= 0.3 is 6.08 Å². The van der Waals surface area contributed by atoms with Crippen molar-refractivity contribution in [1.29, 1.82) is 0 Å². The Morgan fingerprint density at radius 2 is 2.13 bits per heavy atom. The average Bonchev–Trinajstić information content (AvgIpc) is 2.50. The maximum Gasteiger partial charge on any atom is 0.310 e. The van der Waals surface area contributed by atoms with Crippen LogP contribution in [0.4, 0.5) is 4.39 Å². The highest BCUT2D eigenvalue weighted by molar-refractivity contribution is 6.32. The summed E-state index contributed by atoms with van der Waals surface area (Å²) in [6.45, 7) is 3.69. The fourth-order valence-electron chi connectivity index (χ4n) is 1.33. The molecule has 0 unspecified atom stereocenters. The van der Waals surface area contributed by atoms with Gasteiger partial charge in [-0.05, 0) is 19.9 Å². The van der Waals surface area contributed by atoms with Gasteiger partial charge < -0.3 is 0 Å². The van der Waals surface area contributed by atoms with Gasteiger partial charge in [-0.25, -0.2) is 9.67 Å². The van der Waals surface area contributed by atoms with Crippen molar-refractivity contribution >= 4 is 11.6 Å². The smallest absolute Gasteiger partial charge is 0.218 e. The van der Waals surface area contributed by atoms with Crippen LogP contribution in [0.5, 0.6) is 0 Å². The summed E-state index contributed by atoms with van der Waals surface area (Å²) >= 11 is 5.86. The van der Waals surface area contributed by atoms with E-state index in [9.17, 15) is 4.39 Å². The number of hydrogen-bond acceptors (Lipinski definition) is 3. The van der Waals surface area contributed by atoms with Crippen molar-refractivity contribution in [2.24, 2.45) is 0 Å². The maximum atomic E-state index is 12.8. The van der Waals surface area contributed by atoms with E-state index in [1.165, 1.54) is 10.9 Å². The molecule has 78 valence electrons. The highest BCUT2D eigenvalue weighted by Crippen LogP contribution is 2.18. The number of halogens is 2. The standard InChI is InChI=1S/C9H8ClFN4/c1-5-3-6(2)15(14-5)8-7(10)4-12-9(11)13-8/h3-4H,1-2H3. The van der Waals surface area contributed by atoms with Crippen LogP contribution >= 0.6 is 11.6 Å². The van der Waals surface area contributed by atoms with Gasteiger partial charge in [-0.2, -0.15) is 14.5 Å². The van der Waals surface area contributed by atoms with Gasteiger partial charge in [0.2, 0.25) is 0 Å². The first-order chi connectivity index (χ1) is 7.08. The molecule has 0 radical (unpaired) electrons. The zero-order valence-electron chi connectivity index (χ0n) is 8.20. The van der Waals surface area contributed by atoms with Crippen LogP contribution in [0.15, 0.2) is 12.3 Å². The van der Waals surface area contributed by atoms with Crippen molar-refractivity contribution in [2.75, 3.05) is 0 Å². The minimum absolute atomic E-state index is 0.259. The van der Waals surface area contributed by atoms with Crippen molar-refractivity contribution in [3.63, 3.8) is 0 Å². The van der Waals surface area contributed by atoms with Gasteiger partial charge in [-0.3, -0.25) is 0 Å². The van der Waals surface area contributed by atoms with E-state index in [0.717, 1.165) is 11.4 Å². The van der Waals surface area contributed by atoms with Crippen LogP contribution in [0.25, 0.3) is 5.82 Å². The summed E-state index contributed by atoms with van der Waals surface area (Å²) in [5.74, 6) is 0.259. The summed E-state index contributed by atoms with van der Waals surface area (Å²) in [5.41, 5.74) is 1.66. The Morgan fingerprint density at radius 3 is 2.73 bits per heavy atom. The fraction of sp³-hybridized carbons (Fsp3) is 0.222. The lowest BCUT2D eigenvalue weighted by molar-refractivity contribution is 0.532. The average molecular weight is 227 g/mol. The first-order valence-electron chi connectivity index (χ1n) is 4.29. The van der Waals surface area contributed by atoms with Crippen LogP contribution in [0.1, 0.15) is 11.4 Å². The molecule has 0 saturated carbocycles. The molecule has 0 spiro atoms. The summed E-state index contributed by atoms with van der Waals surface area (Å²) < 4.78 is 14.3. The summed E-state index contributed by atoms with van der Waals surface area (Å²) in [7, 11) is 0. The van der Waals surface area contributed by atoms with Gasteiger partial charge in [0, 0.05) is 5.69 Å². The topological polar surface area (TPSA) is 43.6 Å². The molecule has 2 aromatic rings. The van der Waals surface area contributed by atoms with Gasteiger partial charge in [-0.1, -0.05) is 11.6 Å². The lowest BCUT2D eigenvalue weighted by Gasteiger charge is -2.04. The molecule has 2 aromatic heterocycles. The highest BCUT2D eigenvalue weighted by atomic mass is 35.5. The Labute approximate surface area is 90.7 Å².